The van der Waals surface area contributed by atoms with Crippen LogP contribution in [-0.4, -0.2) is 20.2 Å². The van der Waals surface area contributed by atoms with Crippen molar-refractivity contribution < 1.29 is 14.5 Å². The van der Waals surface area contributed by atoms with Crippen LogP contribution in [0.3, 0.4) is 0 Å². The maximum atomic E-state index is 12.5. The van der Waals surface area contributed by atoms with Crippen LogP contribution in [0, 0.1) is 24.0 Å². The summed E-state index contributed by atoms with van der Waals surface area (Å²) in [4.78, 5) is 27.6. The number of nitro benzene ring substituents is 1. The molecule has 31 heavy (non-hydrogen) atoms. The summed E-state index contributed by atoms with van der Waals surface area (Å²) >= 11 is 0. The Morgan fingerprint density at radius 2 is 1.87 bits per heavy atom. The number of nitrogens with zero attached hydrogens (tertiary/aromatic N) is 3. The second-order valence-corrected chi connectivity index (χ2v) is 7.23. The molecule has 8 heteroatoms. The van der Waals surface area contributed by atoms with Crippen LogP contribution in [0.5, 0.6) is 5.75 Å². The van der Waals surface area contributed by atoms with E-state index in [0.717, 1.165) is 16.9 Å². The standard InChI is InChI=1S/C23H20N4O4/c1-15-3-10-22-24-19(13-26(22)12-15)14-31-20-8-5-17(6-9-20)23(28)25-18-7-4-16(2)21(11-18)27(29)30/h3-13H,14H2,1-2H3,(H,25,28). The van der Waals surface area contributed by atoms with Crippen molar-refractivity contribution in [2.45, 2.75) is 20.5 Å². The van der Waals surface area contributed by atoms with Crippen LogP contribution in [-0.2, 0) is 6.61 Å². The molecule has 2 aromatic carbocycles. The second-order valence-electron chi connectivity index (χ2n) is 7.23. The molecule has 0 saturated carbocycles. The van der Waals surface area contributed by atoms with Gasteiger partial charge in [-0.05, 0) is 55.8 Å². The summed E-state index contributed by atoms with van der Waals surface area (Å²) < 4.78 is 7.73. The summed E-state index contributed by atoms with van der Waals surface area (Å²) in [5.74, 6) is 0.246. The molecule has 0 bridgehead atoms. The molecule has 0 atom stereocenters. The van der Waals surface area contributed by atoms with E-state index in [1.807, 2.05) is 35.9 Å². The van der Waals surface area contributed by atoms with Gasteiger partial charge in [-0.15, -0.1) is 0 Å². The van der Waals surface area contributed by atoms with Crippen LogP contribution in [0.15, 0.2) is 67.0 Å². The monoisotopic (exact) mass is 416 g/mol. The van der Waals surface area contributed by atoms with Gasteiger partial charge in [-0.3, -0.25) is 14.9 Å². The van der Waals surface area contributed by atoms with Crippen LogP contribution >= 0.6 is 0 Å². The molecule has 1 amide bonds. The molecule has 8 nitrogen and oxygen atoms in total. The minimum atomic E-state index is -0.471. The van der Waals surface area contributed by atoms with E-state index in [-0.39, 0.29) is 11.6 Å². The molecule has 0 spiro atoms. The van der Waals surface area contributed by atoms with Gasteiger partial charge >= 0.3 is 0 Å². The summed E-state index contributed by atoms with van der Waals surface area (Å²) in [7, 11) is 0. The molecule has 0 radical (unpaired) electrons. The van der Waals surface area contributed by atoms with Crippen molar-refractivity contribution in [3.63, 3.8) is 0 Å². The number of fused-ring (bicyclic) bond motifs is 1. The van der Waals surface area contributed by atoms with Gasteiger partial charge in [0.25, 0.3) is 11.6 Å². The highest BCUT2D eigenvalue weighted by Crippen LogP contribution is 2.23. The Labute approximate surface area is 178 Å². The van der Waals surface area contributed by atoms with Crippen molar-refractivity contribution in [1.82, 2.24) is 9.38 Å². The van der Waals surface area contributed by atoms with Gasteiger partial charge in [-0.2, -0.15) is 0 Å². The Balaban J connectivity index is 1.39. The molecule has 0 aliphatic heterocycles. The number of aryl methyl sites for hydroxylation is 2. The number of imidazole rings is 1. The lowest BCUT2D eigenvalue weighted by molar-refractivity contribution is -0.385. The number of nitrogens with one attached hydrogen (secondary N) is 1. The number of hydrogen-bond donors (Lipinski definition) is 1. The van der Waals surface area contributed by atoms with Gasteiger partial charge < -0.3 is 14.5 Å². The first-order valence-corrected chi connectivity index (χ1v) is 9.62. The lowest BCUT2D eigenvalue weighted by Gasteiger charge is -2.08. The highest BCUT2D eigenvalue weighted by atomic mass is 16.6. The molecular formula is C23H20N4O4. The van der Waals surface area contributed by atoms with Gasteiger partial charge in [0, 0.05) is 35.3 Å². The topological polar surface area (TPSA) is 98.8 Å². The van der Waals surface area contributed by atoms with Gasteiger partial charge in [0.05, 0.1) is 10.6 Å². The summed E-state index contributed by atoms with van der Waals surface area (Å²) in [5.41, 5.74) is 4.07. The van der Waals surface area contributed by atoms with Crippen LogP contribution in [0.1, 0.15) is 27.2 Å². The molecule has 2 heterocycles. The Kier molecular flexibility index (Phi) is 5.36. The number of aromatic nitrogens is 2. The van der Waals surface area contributed by atoms with E-state index < -0.39 is 4.92 Å². The Morgan fingerprint density at radius 1 is 1.10 bits per heavy atom. The van der Waals surface area contributed by atoms with Crippen LogP contribution in [0.2, 0.25) is 0 Å². The zero-order valence-electron chi connectivity index (χ0n) is 17.0. The van der Waals surface area contributed by atoms with E-state index in [2.05, 4.69) is 10.3 Å². The third kappa shape index (κ3) is 4.53. The molecule has 0 unspecified atom stereocenters. The Hall–Kier alpha value is -4.20. The summed E-state index contributed by atoms with van der Waals surface area (Å²) in [5, 5.41) is 13.8. The fourth-order valence-corrected chi connectivity index (χ4v) is 3.17. The number of anilines is 1. The molecule has 2 aromatic heterocycles. The molecule has 0 aliphatic carbocycles. The largest absolute Gasteiger partial charge is 0.487 e. The van der Waals surface area contributed by atoms with E-state index in [0.29, 0.717) is 29.2 Å². The maximum Gasteiger partial charge on any atom is 0.274 e. The minimum absolute atomic E-state index is 0.0383. The highest BCUT2D eigenvalue weighted by molar-refractivity contribution is 6.04. The predicted molar refractivity (Wildman–Crippen MR) is 116 cm³/mol. The number of ether oxygens (including phenoxy) is 1. The number of amides is 1. The van der Waals surface area contributed by atoms with E-state index in [4.69, 9.17) is 4.74 Å². The summed E-state index contributed by atoms with van der Waals surface area (Å²) in [6.45, 7) is 3.97. The average molecular weight is 416 g/mol. The van der Waals surface area contributed by atoms with Crippen molar-refractivity contribution in [2.24, 2.45) is 0 Å². The number of carbonyl (C=O) groups excluding carboxylic acids is 1. The van der Waals surface area contributed by atoms with Crippen LogP contribution in [0.4, 0.5) is 11.4 Å². The lowest BCUT2D eigenvalue weighted by Crippen LogP contribution is -2.12. The number of nitro groups is 1. The Bertz CT molecular complexity index is 1280. The van der Waals surface area contributed by atoms with Gasteiger partial charge in [-0.25, -0.2) is 4.98 Å². The third-order valence-corrected chi connectivity index (χ3v) is 4.82. The minimum Gasteiger partial charge on any atom is -0.487 e. The molecule has 0 aliphatic rings. The van der Waals surface area contributed by atoms with E-state index in [9.17, 15) is 14.9 Å². The van der Waals surface area contributed by atoms with E-state index in [1.54, 1.807) is 43.3 Å². The predicted octanol–water partition coefficient (Wildman–Crippen LogP) is 4.69. The van der Waals surface area contributed by atoms with Crippen LogP contribution < -0.4 is 10.1 Å². The molecule has 156 valence electrons. The third-order valence-electron chi connectivity index (χ3n) is 4.82. The Morgan fingerprint density at radius 3 is 2.61 bits per heavy atom. The quantitative estimate of drug-likeness (QED) is 0.363. The van der Waals surface area contributed by atoms with Gasteiger partial charge in [0.15, 0.2) is 0 Å². The normalized spacial score (nSPS) is 10.8. The maximum absolute atomic E-state index is 12.5. The number of rotatable bonds is 6. The van der Waals surface area contributed by atoms with Crippen molar-refractivity contribution in [2.75, 3.05) is 5.32 Å². The zero-order chi connectivity index (χ0) is 22.0. The first kappa shape index (κ1) is 20.1. The summed E-state index contributed by atoms with van der Waals surface area (Å²) in [6, 6.07) is 15.2. The zero-order valence-corrected chi connectivity index (χ0v) is 17.0. The van der Waals surface area contributed by atoms with Crippen molar-refractivity contribution >= 4 is 22.9 Å². The van der Waals surface area contributed by atoms with E-state index >= 15 is 0 Å². The van der Waals surface area contributed by atoms with Gasteiger partial charge in [0.2, 0.25) is 0 Å². The molecule has 4 aromatic rings. The van der Waals surface area contributed by atoms with Gasteiger partial charge in [0.1, 0.15) is 18.0 Å². The van der Waals surface area contributed by atoms with Crippen molar-refractivity contribution in [3.8, 4) is 5.75 Å². The number of hydrogen-bond acceptors (Lipinski definition) is 5. The fraction of sp³-hybridized carbons (Fsp3) is 0.130. The summed E-state index contributed by atoms with van der Waals surface area (Å²) in [6.07, 6.45) is 3.92. The second kappa shape index (κ2) is 8.27. The number of benzene rings is 2. The van der Waals surface area contributed by atoms with E-state index in [1.165, 1.54) is 6.07 Å². The first-order valence-electron chi connectivity index (χ1n) is 9.62. The average Bonchev–Trinajstić information content (AvgIpc) is 3.15. The fourth-order valence-electron chi connectivity index (χ4n) is 3.17. The first-order chi connectivity index (χ1) is 14.9. The number of carbonyl (C=O) groups is 1. The highest BCUT2D eigenvalue weighted by Gasteiger charge is 2.13. The molecule has 0 saturated heterocycles. The number of pyridine rings is 1. The van der Waals surface area contributed by atoms with Crippen molar-refractivity contribution in [3.05, 3.63) is 99.5 Å². The smallest absolute Gasteiger partial charge is 0.274 e. The molecule has 4 rings (SSSR count). The van der Waals surface area contributed by atoms with Crippen molar-refractivity contribution in [1.29, 1.82) is 0 Å². The molecule has 1 N–H and O–H groups in total. The molecule has 0 fully saturated rings. The lowest BCUT2D eigenvalue weighted by atomic mass is 10.1. The molecular weight excluding hydrogens is 396 g/mol. The SMILES string of the molecule is Cc1ccc2nc(COc3ccc(C(=O)Nc4ccc(C)c([N+](=O)[O-])c4)cc3)cn2c1. The van der Waals surface area contributed by atoms with Gasteiger partial charge in [-0.1, -0.05) is 12.1 Å². The van der Waals surface area contributed by atoms with Crippen LogP contribution in [0.25, 0.3) is 5.65 Å².